The molecule has 2 rings (SSSR count). The lowest BCUT2D eigenvalue weighted by Gasteiger charge is -2.19. The van der Waals surface area contributed by atoms with Crippen LogP contribution in [0.4, 0.5) is 11.4 Å². The first-order chi connectivity index (χ1) is 9.63. The molecule has 0 amide bonds. The molecule has 0 saturated carbocycles. The van der Waals surface area contributed by atoms with Crippen LogP contribution in [0.5, 0.6) is 0 Å². The average molecular weight is 292 g/mol. The second-order valence-corrected chi connectivity index (χ2v) is 4.60. The summed E-state index contributed by atoms with van der Waals surface area (Å²) < 4.78 is 26.7. The first kappa shape index (κ1) is 14.2. The molecule has 1 aromatic heterocycles. The smallest absolute Gasteiger partial charge is 0.337 e. The minimum atomic E-state index is -2.25. The first-order valence-electron chi connectivity index (χ1n) is 5.63. The lowest BCUT2D eigenvalue weighted by Crippen LogP contribution is -2.19. The molecule has 1 N–H and O–H groups in total. The summed E-state index contributed by atoms with van der Waals surface area (Å²) in [4.78, 5) is 15.3. The van der Waals surface area contributed by atoms with Crippen molar-refractivity contribution in [3.8, 4) is 0 Å². The van der Waals surface area contributed by atoms with Gasteiger partial charge >= 0.3 is 5.97 Å². The SMILES string of the molecule is COC(=O)c1ccc(N(c2cccnc2)S(=O)O)cc1. The van der Waals surface area contributed by atoms with E-state index in [-0.39, 0.29) is 0 Å². The monoisotopic (exact) mass is 292 g/mol. The zero-order valence-electron chi connectivity index (χ0n) is 10.6. The van der Waals surface area contributed by atoms with Gasteiger partial charge in [-0.25, -0.2) is 13.3 Å². The quantitative estimate of drug-likeness (QED) is 0.690. The molecule has 0 spiro atoms. The van der Waals surface area contributed by atoms with Gasteiger partial charge in [0.05, 0.1) is 30.2 Å². The highest BCUT2D eigenvalue weighted by atomic mass is 32.2. The molecule has 0 aliphatic carbocycles. The third kappa shape index (κ3) is 3.01. The third-order valence-electron chi connectivity index (χ3n) is 2.56. The second-order valence-electron chi connectivity index (χ2n) is 3.77. The molecule has 0 bridgehead atoms. The van der Waals surface area contributed by atoms with Crippen molar-refractivity contribution < 1.29 is 18.3 Å². The van der Waals surface area contributed by atoms with Crippen molar-refractivity contribution in [1.82, 2.24) is 4.98 Å². The number of rotatable bonds is 4. The fourth-order valence-corrected chi connectivity index (χ4v) is 2.24. The van der Waals surface area contributed by atoms with Crippen LogP contribution in [0.15, 0.2) is 48.8 Å². The maximum absolute atomic E-state index is 11.5. The summed E-state index contributed by atoms with van der Waals surface area (Å²) in [5, 5.41) is 0. The molecule has 0 saturated heterocycles. The Bertz CT molecular complexity index is 616. The lowest BCUT2D eigenvalue weighted by atomic mass is 10.2. The summed E-state index contributed by atoms with van der Waals surface area (Å²) in [7, 11) is 1.29. The zero-order chi connectivity index (χ0) is 14.5. The number of methoxy groups -OCH3 is 1. The third-order valence-corrected chi connectivity index (χ3v) is 3.29. The highest BCUT2D eigenvalue weighted by Crippen LogP contribution is 2.26. The van der Waals surface area contributed by atoms with Crippen LogP contribution < -0.4 is 4.31 Å². The number of hydrogen-bond donors (Lipinski definition) is 1. The molecule has 1 aromatic carbocycles. The van der Waals surface area contributed by atoms with Gasteiger partial charge in [-0.15, -0.1) is 0 Å². The number of nitrogens with zero attached hydrogens (tertiary/aromatic N) is 2. The molecule has 6 nitrogen and oxygen atoms in total. The number of pyridine rings is 1. The molecule has 104 valence electrons. The van der Waals surface area contributed by atoms with Gasteiger partial charge < -0.3 is 4.74 Å². The standard InChI is InChI=1S/C13H12N2O4S/c1-19-13(16)10-4-6-11(7-5-10)15(20(17)18)12-3-2-8-14-9-12/h2-9H,1H3,(H,17,18). The fraction of sp³-hybridized carbons (Fsp3) is 0.0769. The summed E-state index contributed by atoms with van der Waals surface area (Å²) in [5.74, 6) is -0.463. The Balaban J connectivity index is 2.36. The molecule has 1 heterocycles. The molecular formula is C13H12N2O4S. The van der Waals surface area contributed by atoms with Crippen molar-refractivity contribution >= 4 is 28.6 Å². The van der Waals surface area contributed by atoms with E-state index in [1.807, 2.05) is 0 Å². The van der Waals surface area contributed by atoms with E-state index in [1.54, 1.807) is 30.5 Å². The number of esters is 1. The largest absolute Gasteiger partial charge is 0.465 e. The number of anilines is 2. The van der Waals surface area contributed by atoms with E-state index in [1.165, 1.54) is 29.7 Å². The number of hydrogen-bond acceptors (Lipinski definition) is 4. The fourth-order valence-electron chi connectivity index (χ4n) is 1.65. The minimum Gasteiger partial charge on any atom is -0.465 e. The number of aromatic nitrogens is 1. The Labute approximate surface area is 118 Å². The van der Waals surface area contributed by atoms with E-state index in [0.29, 0.717) is 16.9 Å². The van der Waals surface area contributed by atoms with Gasteiger partial charge in [-0.3, -0.25) is 9.54 Å². The van der Waals surface area contributed by atoms with Gasteiger partial charge in [-0.2, -0.15) is 0 Å². The Morgan fingerprint density at radius 2 is 1.95 bits per heavy atom. The van der Waals surface area contributed by atoms with Crippen LogP contribution in [0, 0.1) is 0 Å². The van der Waals surface area contributed by atoms with Crippen LogP contribution in [0.25, 0.3) is 0 Å². The van der Waals surface area contributed by atoms with Crippen LogP contribution in [-0.2, 0) is 16.0 Å². The summed E-state index contributed by atoms with van der Waals surface area (Å²) in [6.07, 6.45) is 3.05. The molecule has 20 heavy (non-hydrogen) atoms. The van der Waals surface area contributed by atoms with Gasteiger partial charge in [0, 0.05) is 6.20 Å². The van der Waals surface area contributed by atoms with Gasteiger partial charge in [-0.05, 0) is 36.4 Å². The van der Waals surface area contributed by atoms with Gasteiger partial charge in [0.1, 0.15) is 0 Å². The first-order valence-corrected chi connectivity index (χ1v) is 6.69. The van der Waals surface area contributed by atoms with E-state index in [9.17, 15) is 13.6 Å². The van der Waals surface area contributed by atoms with Crippen LogP contribution in [0.2, 0.25) is 0 Å². The van der Waals surface area contributed by atoms with E-state index < -0.39 is 17.2 Å². The summed E-state index contributed by atoms with van der Waals surface area (Å²) in [6.45, 7) is 0. The minimum absolute atomic E-state index is 0.367. The van der Waals surface area contributed by atoms with E-state index in [2.05, 4.69) is 9.72 Å². The number of carbonyl (C=O) groups excluding carboxylic acids is 1. The van der Waals surface area contributed by atoms with Crippen molar-refractivity contribution in [1.29, 1.82) is 0 Å². The van der Waals surface area contributed by atoms with Crippen LogP contribution in [0.3, 0.4) is 0 Å². The molecule has 0 fully saturated rings. The highest BCUT2D eigenvalue weighted by Gasteiger charge is 2.15. The average Bonchev–Trinajstić information content (AvgIpc) is 2.48. The molecule has 7 heteroatoms. The second kappa shape index (κ2) is 6.27. The van der Waals surface area contributed by atoms with Gasteiger partial charge in [0.15, 0.2) is 0 Å². The number of carbonyl (C=O) groups is 1. The Morgan fingerprint density at radius 3 is 2.45 bits per heavy atom. The molecule has 2 aromatic rings. The molecule has 1 atom stereocenters. The van der Waals surface area contributed by atoms with Crippen LogP contribution in [0.1, 0.15) is 10.4 Å². The molecular weight excluding hydrogens is 280 g/mol. The summed E-state index contributed by atoms with van der Waals surface area (Å²) >= 11 is -2.25. The maximum atomic E-state index is 11.5. The normalized spacial score (nSPS) is 11.7. The summed E-state index contributed by atoms with van der Waals surface area (Å²) in [6, 6.07) is 9.50. The molecule has 0 aliphatic heterocycles. The Hall–Kier alpha value is -2.25. The van der Waals surface area contributed by atoms with Gasteiger partial charge in [0.25, 0.3) is 11.3 Å². The van der Waals surface area contributed by atoms with Crippen LogP contribution >= 0.6 is 0 Å². The van der Waals surface area contributed by atoms with Gasteiger partial charge in [-0.1, -0.05) is 0 Å². The molecule has 1 unspecified atom stereocenters. The van der Waals surface area contributed by atoms with Gasteiger partial charge in [0.2, 0.25) is 0 Å². The van der Waals surface area contributed by atoms with Crippen molar-refractivity contribution in [2.75, 3.05) is 11.4 Å². The van der Waals surface area contributed by atoms with Crippen molar-refractivity contribution in [2.24, 2.45) is 0 Å². The zero-order valence-corrected chi connectivity index (χ0v) is 11.4. The number of ether oxygens (including phenoxy) is 1. The Kier molecular flexibility index (Phi) is 4.44. The highest BCUT2D eigenvalue weighted by molar-refractivity contribution is 7.81. The lowest BCUT2D eigenvalue weighted by molar-refractivity contribution is 0.0601. The Morgan fingerprint density at radius 1 is 1.25 bits per heavy atom. The van der Waals surface area contributed by atoms with Crippen molar-refractivity contribution in [3.05, 3.63) is 54.4 Å². The van der Waals surface area contributed by atoms with E-state index >= 15 is 0 Å². The predicted molar refractivity (Wildman–Crippen MR) is 74.9 cm³/mol. The predicted octanol–water partition coefficient (Wildman–Crippen LogP) is 2.14. The van der Waals surface area contributed by atoms with E-state index in [0.717, 1.165) is 0 Å². The molecule has 0 aliphatic rings. The summed E-state index contributed by atoms with van der Waals surface area (Å²) in [5.41, 5.74) is 1.30. The van der Waals surface area contributed by atoms with E-state index in [4.69, 9.17) is 0 Å². The molecule has 0 radical (unpaired) electrons. The number of benzene rings is 1. The topological polar surface area (TPSA) is 79.7 Å². The van der Waals surface area contributed by atoms with Crippen molar-refractivity contribution in [3.63, 3.8) is 0 Å². The van der Waals surface area contributed by atoms with Crippen LogP contribution in [-0.4, -0.2) is 26.8 Å². The van der Waals surface area contributed by atoms with Crippen molar-refractivity contribution in [2.45, 2.75) is 0 Å². The maximum Gasteiger partial charge on any atom is 0.337 e.